The molecule has 1 aliphatic carbocycles. The van der Waals surface area contributed by atoms with Gasteiger partial charge < -0.3 is 10.2 Å². The summed E-state index contributed by atoms with van der Waals surface area (Å²) in [7, 11) is 0. The van der Waals surface area contributed by atoms with Crippen molar-refractivity contribution >= 4 is 34.9 Å². The van der Waals surface area contributed by atoms with Crippen LogP contribution in [-0.4, -0.2) is 38.3 Å². The average Bonchev–Trinajstić information content (AvgIpc) is 3.22. The first kappa shape index (κ1) is 23.1. The molecule has 0 spiro atoms. The van der Waals surface area contributed by atoms with E-state index in [0.717, 1.165) is 35.8 Å². The monoisotopic (exact) mass is 425 g/mol. The van der Waals surface area contributed by atoms with E-state index in [0.29, 0.717) is 24.5 Å². The molecule has 1 aromatic rings. The largest absolute Gasteiger partial charge is 0.476 e. The van der Waals surface area contributed by atoms with Gasteiger partial charge in [0.1, 0.15) is 5.78 Å². The zero-order valence-corrected chi connectivity index (χ0v) is 18.5. The van der Waals surface area contributed by atoms with Crippen molar-refractivity contribution in [1.82, 2.24) is 4.98 Å². The number of ketones is 1. The zero-order valence-electron chi connectivity index (χ0n) is 16.9. The first-order chi connectivity index (χ1) is 13.2. The van der Waals surface area contributed by atoms with E-state index in [1.165, 1.54) is 23.1 Å². The van der Waals surface area contributed by atoms with Crippen molar-refractivity contribution in [3.63, 3.8) is 0 Å². The maximum Gasteiger partial charge on any atom is 0.355 e. The van der Waals surface area contributed by atoms with Crippen LogP contribution in [0.4, 0.5) is 0 Å². The summed E-state index contributed by atoms with van der Waals surface area (Å²) in [5.74, 6) is 0.882. The first-order valence-corrected chi connectivity index (χ1v) is 11.8. The lowest BCUT2D eigenvalue weighted by Crippen LogP contribution is -2.23. The van der Waals surface area contributed by atoms with E-state index < -0.39 is 11.6 Å². The van der Waals surface area contributed by atoms with Gasteiger partial charge in [0.2, 0.25) is 0 Å². The highest BCUT2D eigenvalue weighted by Gasteiger charge is 2.32. The van der Waals surface area contributed by atoms with Gasteiger partial charge in [-0.2, -0.15) is 0 Å². The van der Waals surface area contributed by atoms with Crippen LogP contribution in [-0.2, 0) is 4.79 Å². The molecule has 1 heterocycles. The third kappa shape index (κ3) is 7.33. The highest BCUT2D eigenvalue weighted by molar-refractivity contribution is 8.01. The molecule has 1 fully saturated rings. The van der Waals surface area contributed by atoms with E-state index in [2.05, 4.69) is 24.9 Å². The average molecular weight is 426 g/mol. The molecular formula is C21H31NO4S2. The molecule has 0 saturated heterocycles. The normalized spacial score (nSPS) is 22.2. The Labute approximate surface area is 175 Å². The van der Waals surface area contributed by atoms with E-state index in [-0.39, 0.29) is 17.5 Å². The van der Waals surface area contributed by atoms with Crippen molar-refractivity contribution in [1.29, 1.82) is 0 Å². The third-order valence-electron chi connectivity index (χ3n) is 5.21. The Morgan fingerprint density at radius 3 is 2.89 bits per heavy atom. The maximum absolute atomic E-state index is 12.3. The van der Waals surface area contributed by atoms with Crippen LogP contribution in [0, 0.1) is 17.8 Å². The number of thioether (sulfide) groups is 1. The lowest BCUT2D eigenvalue weighted by atomic mass is 9.89. The van der Waals surface area contributed by atoms with E-state index in [1.54, 1.807) is 5.38 Å². The van der Waals surface area contributed by atoms with Crippen LogP contribution in [0.3, 0.4) is 0 Å². The minimum atomic E-state index is -1.01. The predicted molar refractivity (Wildman–Crippen MR) is 114 cm³/mol. The number of Topliss-reactive ketones (excluding diaryl/α,β-unsaturated/α-hetero) is 1. The quantitative estimate of drug-likeness (QED) is 0.381. The van der Waals surface area contributed by atoms with Crippen LogP contribution in [0.5, 0.6) is 0 Å². The molecule has 1 unspecified atom stereocenters. The molecular weight excluding hydrogens is 394 g/mol. The van der Waals surface area contributed by atoms with Crippen LogP contribution < -0.4 is 0 Å². The van der Waals surface area contributed by atoms with Crippen molar-refractivity contribution in [2.45, 2.75) is 69.2 Å². The smallest absolute Gasteiger partial charge is 0.355 e. The molecule has 1 aromatic heterocycles. The summed E-state index contributed by atoms with van der Waals surface area (Å²) in [5.41, 5.74) is -0.615. The molecule has 1 aliphatic rings. The fourth-order valence-corrected chi connectivity index (χ4v) is 5.33. The molecule has 1 saturated carbocycles. The van der Waals surface area contributed by atoms with E-state index in [1.807, 2.05) is 13.0 Å². The molecule has 0 bridgehead atoms. The number of carboxylic acid groups (broad SMARTS) is 1. The fourth-order valence-electron chi connectivity index (χ4n) is 3.43. The number of allylic oxidation sites excluding steroid dienone is 1. The Balaban J connectivity index is 1.82. The zero-order chi connectivity index (χ0) is 20.7. The van der Waals surface area contributed by atoms with Gasteiger partial charge >= 0.3 is 5.97 Å². The molecule has 7 heteroatoms. The molecule has 3 atom stereocenters. The van der Waals surface area contributed by atoms with Gasteiger partial charge in [-0.25, -0.2) is 9.78 Å². The van der Waals surface area contributed by atoms with Crippen molar-refractivity contribution in [2.75, 3.05) is 5.75 Å². The lowest BCUT2D eigenvalue weighted by molar-refractivity contribution is -0.121. The second-order valence-electron chi connectivity index (χ2n) is 8.28. The molecule has 5 nitrogen and oxygen atoms in total. The second-order valence-corrected chi connectivity index (χ2v) is 10.5. The highest BCUT2D eigenvalue weighted by Crippen LogP contribution is 2.35. The van der Waals surface area contributed by atoms with Crippen molar-refractivity contribution < 1.29 is 19.8 Å². The van der Waals surface area contributed by atoms with Gasteiger partial charge in [0.05, 0.1) is 5.60 Å². The molecule has 0 aliphatic heterocycles. The van der Waals surface area contributed by atoms with Gasteiger partial charge in [-0.05, 0) is 50.9 Å². The minimum Gasteiger partial charge on any atom is -0.476 e. The van der Waals surface area contributed by atoms with E-state index >= 15 is 0 Å². The summed E-state index contributed by atoms with van der Waals surface area (Å²) >= 11 is 2.84. The Morgan fingerprint density at radius 1 is 1.50 bits per heavy atom. The lowest BCUT2D eigenvalue weighted by Gasteiger charge is -2.23. The number of hydrogen-bond acceptors (Lipinski definition) is 6. The number of hydrogen-bond donors (Lipinski definition) is 2. The number of carbonyl (C=O) groups excluding carboxylic acids is 1. The number of rotatable bonds is 11. The molecule has 28 heavy (non-hydrogen) atoms. The number of thiazole rings is 1. The van der Waals surface area contributed by atoms with Crippen LogP contribution >= 0.6 is 23.1 Å². The minimum absolute atomic E-state index is 0.0169. The molecule has 2 rings (SSSR count). The Morgan fingerprint density at radius 2 is 2.25 bits per heavy atom. The van der Waals surface area contributed by atoms with E-state index in [4.69, 9.17) is 5.11 Å². The first-order valence-electron chi connectivity index (χ1n) is 9.91. The van der Waals surface area contributed by atoms with Crippen LogP contribution in [0.25, 0.3) is 0 Å². The van der Waals surface area contributed by atoms with Gasteiger partial charge in [0.15, 0.2) is 10.0 Å². The third-order valence-corrected chi connectivity index (χ3v) is 7.27. The summed E-state index contributed by atoms with van der Waals surface area (Å²) in [6, 6.07) is 0. The van der Waals surface area contributed by atoms with Crippen LogP contribution in [0.1, 0.15) is 69.8 Å². The molecule has 0 aromatic carbocycles. The summed E-state index contributed by atoms with van der Waals surface area (Å²) < 4.78 is 0.733. The van der Waals surface area contributed by atoms with Gasteiger partial charge in [-0.15, -0.1) is 11.3 Å². The standard InChI is InChI=1S/C21H31NO4S2/c1-14(2)8-11-21(3,26)10-4-5-15-6-7-18(23)16(15)9-12-27-20-22-17(13-28-20)19(24)25/h4-5,13-16,26H,6-12H2,1-3H3,(H,24,25)/t15-,16+,21?/m0/s1. The van der Waals surface area contributed by atoms with Crippen LogP contribution in [0.15, 0.2) is 21.9 Å². The number of aromatic carboxylic acids is 1. The Bertz CT molecular complexity index is 696. The Kier molecular flexibility index (Phi) is 8.71. The van der Waals surface area contributed by atoms with Crippen molar-refractivity contribution in [2.24, 2.45) is 17.8 Å². The van der Waals surface area contributed by atoms with Crippen molar-refractivity contribution in [3.05, 3.63) is 23.2 Å². The number of nitrogens with zero attached hydrogens (tertiary/aromatic N) is 1. The van der Waals surface area contributed by atoms with Gasteiger partial charge in [-0.1, -0.05) is 37.8 Å². The summed E-state index contributed by atoms with van der Waals surface area (Å²) in [5, 5.41) is 21.0. The predicted octanol–water partition coefficient (Wildman–Crippen LogP) is 5.05. The second kappa shape index (κ2) is 10.6. The fraction of sp³-hybridized carbons (Fsp3) is 0.667. The van der Waals surface area contributed by atoms with Gasteiger partial charge in [0.25, 0.3) is 0 Å². The Hall–Kier alpha value is -1.18. The number of aliphatic hydroxyl groups is 1. The molecule has 156 valence electrons. The number of carboxylic acids is 1. The molecule has 0 radical (unpaired) electrons. The number of carbonyl (C=O) groups is 2. The van der Waals surface area contributed by atoms with Crippen LogP contribution in [0.2, 0.25) is 0 Å². The SMILES string of the molecule is CC(C)CCC(C)(O)CC=C[C@H]1CCC(=O)[C@@H]1CCSc1nc(C(=O)O)cs1. The topological polar surface area (TPSA) is 87.5 Å². The molecule has 2 N–H and O–H groups in total. The molecule has 0 amide bonds. The van der Waals surface area contributed by atoms with Gasteiger partial charge in [-0.3, -0.25) is 4.79 Å². The summed E-state index contributed by atoms with van der Waals surface area (Å²) in [6.07, 6.45) is 8.83. The summed E-state index contributed by atoms with van der Waals surface area (Å²) in [4.78, 5) is 27.2. The van der Waals surface area contributed by atoms with E-state index in [9.17, 15) is 14.7 Å². The van der Waals surface area contributed by atoms with Crippen molar-refractivity contribution in [3.8, 4) is 0 Å². The van der Waals surface area contributed by atoms with Gasteiger partial charge in [0, 0.05) is 23.5 Å². The number of aromatic nitrogens is 1. The maximum atomic E-state index is 12.3. The summed E-state index contributed by atoms with van der Waals surface area (Å²) in [6.45, 7) is 6.20. The highest BCUT2D eigenvalue weighted by atomic mass is 32.2.